The average molecular weight is 402 g/mol. The van der Waals surface area contributed by atoms with Gasteiger partial charge in [0, 0.05) is 19.8 Å². The summed E-state index contributed by atoms with van der Waals surface area (Å²) in [6.45, 7) is 16.9. The molecule has 1 unspecified atom stereocenters. The third-order valence-corrected chi connectivity index (χ3v) is 5.31. The molecule has 4 heteroatoms. The molecule has 0 N–H and O–H groups in total. The van der Waals surface area contributed by atoms with Crippen LogP contribution in [0, 0.1) is 0 Å². The van der Waals surface area contributed by atoms with Crippen molar-refractivity contribution < 1.29 is 14.2 Å². The van der Waals surface area contributed by atoms with Gasteiger partial charge in [0.15, 0.2) is 0 Å². The molecule has 170 valence electrons. The Morgan fingerprint density at radius 1 is 0.571 bits per heavy atom. The molecular weight excluding hydrogens is 350 g/mol. The van der Waals surface area contributed by atoms with Gasteiger partial charge in [-0.3, -0.25) is 4.90 Å². The van der Waals surface area contributed by atoms with E-state index < -0.39 is 5.97 Å². The molecular formula is C24H51NO3. The Balaban J connectivity index is 5.39. The molecule has 28 heavy (non-hydrogen) atoms. The van der Waals surface area contributed by atoms with E-state index in [1.54, 1.807) is 0 Å². The molecule has 4 nitrogen and oxygen atoms in total. The number of ether oxygens (including phenoxy) is 3. The van der Waals surface area contributed by atoms with Gasteiger partial charge in [-0.1, -0.05) is 72.1 Å². The van der Waals surface area contributed by atoms with Crippen molar-refractivity contribution in [3.05, 3.63) is 0 Å². The van der Waals surface area contributed by atoms with Gasteiger partial charge in [0.25, 0.3) is 5.97 Å². The molecule has 0 saturated heterocycles. The van der Waals surface area contributed by atoms with Crippen molar-refractivity contribution in [3.63, 3.8) is 0 Å². The number of hydrogen-bond donors (Lipinski definition) is 0. The van der Waals surface area contributed by atoms with Crippen LogP contribution >= 0.6 is 0 Å². The van der Waals surface area contributed by atoms with Crippen LogP contribution in [-0.4, -0.2) is 49.8 Å². The zero-order valence-electron chi connectivity index (χ0n) is 20.1. The van der Waals surface area contributed by atoms with Crippen LogP contribution in [0.2, 0.25) is 0 Å². The van der Waals surface area contributed by atoms with E-state index in [0.717, 1.165) is 19.5 Å². The lowest BCUT2D eigenvalue weighted by Crippen LogP contribution is -2.58. The van der Waals surface area contributed by atoms with E-state index in [1.807, 2.05) is 20.8 Å². The topological polar surface area (TPSA) is 30.9 Å². The zero-order valence-corrected chi connectivity index (χ0v) is 20.1. The maximum atomic E-state index is 6.22. The average Bonchev–Trinajstić information content (AvgIpc) is 2.69. The van der Waals surface area contributed by atoms with Crippen molar-refractivity contribution in [2.24, 2.45) is 0 Å². The minimum atomic E-state index is -0.941. The van der Waals surface area contributed by atoms with E-state index in [1.165, 1.54) is 64.2 Å². The zero-order chi connectivity index (χ0) is 21.1. The maximum Gasteiger partial charge on any atom is 0.299 e. The van der Waals surface area contributed by atoms with Gasteiger partial charge in [0.05, 0.1) is 6.04 Å². The van der Waals surface area contributed by atoms with Crippen LogP contribution in [0.25, 0.3) is 0 Å². The minimum Gasteiger partial charge on any atom is -0.327 e. The Labute approximate surface area is 176 Å². The van der Waals surface area contributed by atoms with Crippen molar-refractivity contribution >= 4 is 0 Å². The SMILES string of the molecule is CCCCCCCCC(N(CCCC)CCCC)C(OCC)(OCC)OCC. The standard InChI is InChI=1S/C24H51NO3/c1-7-13-16-17-18-19-20-23(25(21-14-8-2)22-15-9-3)24(26-10-4,27-11-5)28-12-6/h23H,7-22H2,1-6H3. The van der Waals surface area contributed by atoms with Crippen molar-refractivity contribution in [2.45, 2.75) is 124 Å². The number of rotatable bonds is 21. The molecule has 0 radical (unpaired) electrons. The summed E-state index contributed by atoms with van der Waals surface area (Å²) in [5, 5.41) is 0. The lowest BCUT2D eigenvalue weighted by Gasteiger charge is -2.44. The van der Waals surface area contributed by atoms with E-state index >= 15 is 0 Å². The molecule has 0 aromatic rings. The Morgan fingerprint density at radius 2 is 1.00 bits per heavy atom. The van der Waals surface area contributed by atoms with E-state index in [2.05, 4.69) is 25.7 Å². The second-order valence-electron chi connectivity index (χ2n) is 7.72. The van der Waals surface area contributed by atoms with Gasteiger partial charge in [-0.05, 0) is 53.1 Å². The van der Waals surface area contributed by atoms with Gasteiger partial charge in [0.1, 0.15) is 0 Å². The number of nitrogens with zero attached hydrogens (tertiary/aromatic N) is 1. The van der Waals surface area contributed by atoms with Crippen LogP contribution < -0.4 is 0 Å². The highest BCUT2D eigenvalue weighted by atomic mass is 16.9. The molecule has 0 rings (SSSR count). The first-order valence-corrected chi connectivity index (χ1v) is 12.3. The Morgan fingerprint density at radius 3 is 1.43 bits per heavy atom. The highest BCUT2D eigenvalue weighted by Gasteiger charge is 2.44. The van der Waals surface area contributed by atoms with E-state index in [-0.39, 0.29) is 6.04 Å². The van der Waals surface area contributed by atoms with Gasteiger partial charge >= 0.3 is 0 Å². The largest absolute Gasteiger partial charge is 0.327 e. The van der Waals surface area contributed by atoms with Gasteiger partial charge in [-0.25, -0.2) is 0 Å². The molecule has 0 aliphatic heterocycles. The molecule has 0 bridgehead atoms. The van der Waals surface area contributed by atoms with Gasteiger partial charge < -0.3 is 14.2 Å². The normalized spacial score (nSPS) is 13.4. The number of hydrogen-bond acceptors (Lipinski definition) is 4. The van der Waals surface area contributed by atoms with Crippen LogP contribution in [0.1, 0.15) is 112 Å². The molecule has 0 fully saturated rings. The van der Waals surface area contributed by atoms with Crippen LogP contribution in [0.4, 0.5) is 0 Å². The first-order valence-electron chi connectivity index (χ1n) is 12.3. The van der Waals surface area contributed by atoms with Crippen molar-refractivity contribution in [3.8, 4) is 0 Å². The fourth-order valence-corrected chi connectivity index (χ4v) is 3.86. The Hall–Kier alpha value is -0.160. The lowest BCUT2D eigenvalue weighted by molar-refractivity contribution is -0.401. The van der Waals surface area contributed by atoms with E-state index in [9.17, 15) is 0 Å². The number of unbranched alkanes of at least 4 members (excludes halogenated alkanes) is 7. The molecule has 0 aliphatic carbocycles. The maximum absolute atomic E-state index is 6.22. The molecule has 0 heterocycles. The first-order chi connectivity index (χ1) is 13.7. The summed E-state index contributed by atoms with van der Waals surface area (Å²) in [7, 11) is 0. The van der Waals surface area contributed by atoms with Crippen LogP contribution in [-0.2, 0) is 14.2 Å². The predicted molar refractivity (Wildman–Crippen MR) is 121 cm³/mol. The first kappa shape index (κ1) is 27.8. The molecule has 0 amide bonds. The predicted octanol–water partition coefficient (Wildman–Crippen LogP) is 6.77. The second kappa shape index (κ2) is 18.8. The highest BCUT2D eigenvalue weighted by molar-refractivity contribution is 4.82. The van der Waals surface area contributed by atoms with Crippen molar-refractivity contribution in [1.29, 1.82) is 0 Å². The van der Waals surface area contributed by atoms with E-state index in [0.29, 0.717) is 19.8 Å². The van der Waals surface area contributed by atoms with Crippen molar-refractivity contribution in [1.82, 2.24) is 4.90 Å². The molecule has 1 atom stereocenters. The van der Waals surface area contributed by atoms with Crippen molar-refractivity contribution in [2.75, 3.05) is 32.9 Å². The fraction of sp³-hybridized carbons (Fsp3) is 1.00. The van der Waals surface area contributed by atoms with Gasteiger partial charge in [-0.2, -0.15) is 0 Å². The molecule has 0 spiro atoms. The van der Waals surface area contributed by atoms with Crippen LogP contribution in [0.15, 0.2) is 0 Å². The van der Waals surface area contributed by atoms with Crippen LogP contribution in [0.3, 0.4) is 0 Å². The fourth-order valence-electron chi connectivity index (χ4n) is 3.86. The Bertz CT molecular complexity index is 300. The second-order valence-corrected chi connectivity index (χ2v) is 7.72. The van der Waals surface area contributed by atoms with Gasteiger partial charge in [-0.15, -0.1) is 0 Å². The molecule has 0 aromatic carbocycles. The summed E-state index contributed by atoms with van der Waals surface area (Å²) in [4.78, 5) is 2.60. The van der Waals surface area contributed by atoms with Gasteiger partial charge in [0.2, 0.25) is 0 Å². The summed E-state index contributed by atoms with van der Waals surface area (Å²) in [5.41, 5.74) is 0. The summed E-state index contributed by atoms with van der Waals surface area (Å²) in [6.07, 6.45) is 13.7. The third-order valence-electron chi connectivity index (χ3n) is 5.31. The van der Waals surface area contributed by atoms with E-state index in [4.69, 9.17) is 14.2 Å². The minimum absolute atomic E-state index is 0.150. The molecule has 0 aromatic heterocycles. The quantitative estimate of drug-likeness (QED) is 0.157. The summed E-state index contributed by atoms with van der Waals surface area (Å²) in [6, 6.07) is 0.150. The molecule has 0 saturated carbocycles. The monoisotopic (exact) mass is 401 g/mol. The summed E-state index contributed by atoms with van der Waals surface area (Å²) >= 11 is 0. The highest BCUT2D eigenvalue weighted by Crippen LogP contribution is 2.30. The summed E-state index contributed by atoms with van der Waals surface area (Å²) in [5.74, 6) is -0.941. The van der Waals surface area contributed by atoms with Crippen LogP contribution in [0.5, 0.6) is 0 Å². The lowest BCUT2D eigenvalue weighted by atomic mass is 10.0. The summed E-state index contributed by atoms with van der Waals surface area (Å²) < 4.78 is 18.7. The molecule has 0 aliphatic rings. The third kappa shape index (κ3) is 11.1. The smallest absolute Gasteiger partial charge is 0.299 e. The Kier molecular flexibility index (Phi) is 18.7.